The highest BCUT2D eigenvalue weighted by atomic mass is 16.2. The molecule has 3 amide bonds. The zero-order chi connectivity index (χ0) is 20.1. The van der Waals surface area contributed by atoms with Crippen LogP contribution in [0.3, 0.4) is 0 Å². The molecule has 1 unspecified atom stereocenters. The first-order chi connectivity index (χ1) is 11.9. The molecule has 1 atom stereocenters. The average Bonchev–Trinajstić information content (AvgIpc) is 2.56. The minimum absolute atomic E-state index is 0.0418. The number of amides is 3. The summed E-state index contributed by atoms with van der Waals surface area (Å²) in [5, 5.41) is 2.43. The zero-order valence-electron chi connectivity index (χ0n) is 15.8. The summed E-state index contributed by atoms with van der Waals surface area (Å²) in [6, 6.07) is 9.51. The molecule has 0 saturated carbocycles. The van der Waals surface area contributed by atoms with Crippen LogP contribution in [0, 0.1) is 0 Å². The molecule has 1 rings (SSSR count). The second-order valence-corrected chi connectivity index (χ2v) is 4.78. The van der Waals surface area contributed by atoms with E-state index in [0.717, 1.165) is 12.8 Å². The summed E-state index contributed by atoms with van der Waals surface area (Å²) in [5.41, 5.74) is 15.9. The number of urea groups is 1. The smallest absolute Gasteiger partial charge is 0.312 e. The van der Waals surface area contributed by atoms with Crippen molar-refractivity contribution >= 4 is 18.2 Å². The van der Waals surface area contributed by atoms with Crippen molar-refractivity contribution in [3.8, 4) is 0 Å². The molecule has 25 heavy (non-hydrogen) atoms. The number of rotatable bonds is 6. The molecule has 0 aliphatic heterocycles. The molecule has 0 aromatic heterocycles. The van der Waals surface area contributed by atoms with E-state index < -0.39 is 6.03 Å². The van der Waals surface area contributed by atoms with Gasteiger partial charge in [0.15, 0.2) is 0 Å². The number of hydrogen-bond acceptors (Lipinski definition) is 4. The van der Waals surface area contributed by atoms with Gasteiger partial charge in [0.1, 0.15) is 5.78 Å². The van der Waals surface area contributed by atoms with Crippen molar-refractivity contribution in [2.24, 2.45) is 17.2 Å². The normalized spacial score (nSPS) is 9.48. The molecule has 0 aliphatic carbocycles. The molecular weight excluding hydrogens is 320 g/mol. The monoisotopic (exact) mass is 354 g/mol. The van der Waals surface area contributed by atoms with Gasteiger partial charge in [-0.1, -0.05) is 51.1 Å². The zero-order valence-corrected chi connectivity index (χ0v) is 15.8. The van der Waals surface area contributed by atoms with Crippen molar-refractivity contribution in [1.82, 2.24) is 5.32 Å². The predicted molar refractivity (Wildman–Crippen MR) is 103 cm³/mol. The minimum atomic E-state index is -0.443. The Morgan fingerprint density at radius 3 is 2.00 bits per heavy atom. The molecule has 7 heteroatoms. The number of carbonyl (C=O) groups is 3. The van der Waals surface area contributed by atoms with Gasteiger partial charge in [0.2, 0.25) is 6.41 Å². The van der Waals surface area contributed by atoms with Gasteiger partial charge in [-0.15, -0.1) is 0 Å². The van der Waals surface area contributed by atoms with E-state index in [1.807, 2.05) is 51.1 Å². The molecule has 144 valence electrons. The summed E-state index contributed by atoms with van der Waals surface area (Å²) in [7, 11) is 0. The fourth-order valence-electron chi connectivity index (χ4n) is 1.61. The first-order valence-corrected chi connectivity index (χ1v) is 8.34. The highest BCUT2D eigenvalue weighted by Crippen LogP contribution is 2.03. The van der Waals surface area contributed by atoms with Gasteiger partial charge in [-0.05, 0) is 25.3 Å². The Morgan fingerprint density at radius 2 is 1.68 bits per heavy atom. The first kappa shape index (κ1) is 27.4. The van der Waals surface area contributed by atoms with Gasteiger partial charge in [-0.2, -0.15) is 0 Å². The topological polar surface area (TPSA) is 141 Å². The van der Waals surface area contributed by atoms with Crippen molar-refractivity contribution < 1.29 is 14.4 Å². The number of hydrogen-bond donors (Lipinski definition) is 4. The molecule has 0 aliphatic rings. The maximum absolute atomic E-state index is 10.8. The molecule has 0 fully saturated rings. The van der Waals surface area contributed by atoms with Gasteiger partial charge in [0.25, 0.3) is 0 Å². The highest BCUT2D eigenvalue weighted by molar-refractivity contribution is 5.76. The van der Waals surface area contributed by atoms with E-state index in [9.17, 15) is 9.59 Å². The Hall–Kier alpha value is -2.41. The third-order valence-corrected chi connectivity index (χ3v) is 2.44. The van der Waals surface area contributed by atoms with Crippen LogP contribution < -0.4 is 22.5 Å². The molecule has 0 heterocycles. The SMILES string of the molecule is CC.CC(=O)CC(N)Cc1ccccc1.CCCNC(N)=O.NC=O. The number of benzene rings is 1. The lowest BCUT2D eigenvalue weighted by molar-refractivity contribution is -0.117. The van der Waals surface area contributed by atoms with Gasteiger partial charge in [0.05, 0.1) is 0 Å². The lowest BCUT2D eigenvalue weighted by atomic mass is 10.0. The molecular formula is C18H34N4O3. The fraction of sp³-hybridized carbons (Fsp3) is 0.500. The van der Waals surface area contributed by atoms with Crippen LogP contribution in [0.25, 0.3) is 0 Å². The van der Waals surface area contributed by atoms with Crippen LogP contribution in [0.15, 0.2) is 30.3 Å². The summed E-state index contributed by atoms with van der Waals surface area (Å²) in [6.07, 6.45) is 2.43. The Labute approximate surface area is 151 Å². The molecule has 7 N–H and O–H groups in total. The molecule has 0 bridgehead atoms. The van der Waals surface area contributed by atoms with Crippen LogP contribution in [0.1, 0.15) is 46.1 Å². The number of primary amides is 2. The lowest BCUT2D eigenvalue weighted by Crippen LogP contribution is -2.29. The van der Waals surface area contributed by atoms with E-state index in [2.05, 4.69) is 11.1 Å². The van der Waals surface area contributed by atoms with Gasteiger partial charge in [-0.25, -0.2) is 4.79 Å². The first-order valence-electron chi connectivity index (χ1n) is 8.34. The fourth-order valence-corrected chi connectivity index (χ4v) is 1.61. The van der Waals surface area contributed by atoms with E-state index >= 15 is 0 Å². The highest BCUT2D eigenvalue weighted by Gasteiger charge is 2.05. The van der Waals surface area contributed by atoms with E-state index in [-0.39, 0.29) is 18.2 Å². The van der Waals surface area contributed by atoms with Crippen molar-refractivity contribution in [3.63, 3.8) is 0 Å². The number of nitrogens with two attached hydrogens (primary N) is 3. The van der Waals surface area contributed by atoms with Crippen LogP contribution in [0.2, 0.25) is 0 Å². The van der Waals surface area contributed by atoms with Gasteiger partial charge in [-0.3, -0.25) is 9.59 Å². The van der Waals surface area contributed by atoms with Crippen LogP contribution in [-0.2, 0) is 16.0 Å². The van der Waals surface area contributed by atoms with Gasteiger partial charge >= 0.3 is 6.03 Å². The number of carbonyl (C=O) groups excluding carboxylic acids is 3. The van der Waals surface area contributed by atoms with Crippen LogP contribution >= 0.6 is 0 Å². The summed E-state index contributed by atoms with van der Waals surface area (Å²) in [4.78, 5) is 29.2. The second kappa shape index (κ2) is 21.6. The van der Waals surface area contributed by atoms with Crippen LogP contribution in [-0.4, -0.2) is 30.8 Å². The Morgan fingerprint density at radius 1 is 1.20 bits per heavy atom. The van der Waals surface area contributed by atoms with Crippen molar-refractivity contribution in [3.05, 3.63) is 35.9 Å². The Balaban J connectivity index is -0.000000341. The number of Topliss-reactive ketones (excluding diaryl/α,β-unsaturated/α-hetero) is 1. The van der Waals surface area contributed by atoms with Gasteiger partial charge < -0.3 is 22.5 Å². The molecule has 1 aromatic rings. The minimum Gasteiger partial charge on any atom is -0.372 e. The van der Waals surface area contributed by atoms with Crippen LogP contribution in [0.4, 0.5) is 4.79 Å². The number of nitrogens with one attached hydrogen (secondary N) is 1. The Kier molecular flexibility index (Phi) is 23.7. The quantitative estimate of drug-likeness (QED) is 0.577. The maximum atomic E-state index is 10.8. The summed E-state index contributed by atoms with van der Waals surface area (Å²) < 4.78 is 0. The van der Waals surface area contributed by atoms with Crippen LogP contribution in [0.5, 0.6) is 0 Å². The second-order valence-electron chi connectivity index (χ2n) is 4.78. The molecule has 0 radical (unpaired) electrons. The molecule has 0 saturated heterocycles. The van der Waals surface area contributed by atoms with Crippen molar-refractivity contribution in [1.29, 1.82) is 0 Å². The van der Waals surface area contributed by atoms with E-state index in [1.54, 1.807) is 6.92 Å². The Bertz CT molecular complexity index is 439. The molecule has 7 nitrogen and oxygen atoms in total. The van der Waals surface area contributed by atoms with E-state index in [0.29, 0.717) is 13.0 Å². The third-order valence-electron chi connectivity index (χ3n) is 2.44. The van der Waals surface area contributed by atoms with Crippen molar-refractivity contribution in [2.45, 2.75) is 53.0 Å². The van der Waals surface area contributed by atoms with Crippen molar-refractivity contribution in [2.75, 3.05) is 6.54 Å². The average molecular weight is 354 g/mol. The molecule has 0 spiro atoms. The predicted octanol–water partition coefficient (Wildman–Crippen LogP) is 1.73. The standard InChI is InChI=1S/C11H15NO.C4H10N2O.C2H6.CH3NO/c1-9(13)7-11(12)8-10-5-3-2-4-6-10;1-2-3-6-4(5)7;1-2;2-1-3/h2-6,11H,7-8,12H2,1H3;2-3H2,1H3,(H3,5,6,7);1-2H3;1H,(H2,2,3). The lowest BCUT2D eigenvalue weighted by Gasteiger charge is -2.08. The van der Waals surface area contributed by atoms with Gasteiger partial charge in [0, 0.05) is 19.0 Å². The van der Waals surface area contributed by atoms with E-state index in [4.69, 9.17) is 16.3 Å². The number of ketones is 1. The van der Waals surface area contributed by atoms with E-state index in [1.165, 1.54) is 5.56 Å². The summed E-state index contributed by atoms with van der Waals surface area (Å²) >= 11 is 0. The molecule has 1 aromatic carbocycles. The largest absolute Gasteiger partial charge is 0.372 e. The summed E-state index contributed by atoms with van der Waals surface area (Å²) in [6.45, 7) is 8.22. The third kappa shape index (κ3) is 26.8. The maximum Gasteiger partial charge on any atom is 0.312 e. The summed E-state index contributed by atoms with van der Waals surface area (Å²) in [5.74, 6) is 0.156.